The topological polar surface area (TPSA) is 22.4 Å². The zero-order valence-electron chi connectivity index (χ0n) is 11.6. The molecule has 0 amide bonds. The van der Waals surface area contributed by atoms with Gasteiger partial charge in [0.1, 0.15) is 17.1 Å². The van der Waals surface area contributed by atoms with E-state index in [0.29, 0.717) is 0 Å². The van der Waals surface area contributed by atoms with Crippen molar-refractivity contribution in [2.75, 3.05) is 7.11 Å². The SMILES string of the molecule is COc1ccc(C=Cc2cc3cc(C)ccc3o2)cc1. The highest BCUT2D eigenvalue weighted by Gasteiger charge is 2.00. The number of hydrogen-bond acceptors (Lipinski definition) is 2. The van der Waals surface area contributed by atoms with Crippen molar-refractivity contribution in [1.82, 2.24) is 0 Å². The summed E-state index contributed by atoms with van der Waals surface area (Å²) in [6, 6.07) is 16.2. The molecule has 0 aliphatic carbocycles. The van der Waals surface area contributed by atoms with Crippen molar-refractivity contribution in [2.24, 2.45) is 0 Å². The number of rotatable bonds is 3. The molecule has 0 N–H and O–H groups in total. The fraction of sp³-hybridized carbons (Fsp3) is 0.111. The summed E-state index contributed by atoms with van der Waals surface area (Å²) in [5.74, 6) is 1.72. The number of methoxy groups -OCH3 is 1. The molecule has 20 heavy (non-hydrogen) atoms. The highest BCUT2D eigenvalue weighted by atomic mass is 16.5. The zero-order valence-corrected chi connectivity index (χ0v) is 11.6. The van der Waals surface area contributed by atoms with Gasteiger partial charge < -0.3 is 9.15 Å². The Bertz CT molecular complexity index is 749. The number of fused-ring (bicyclic) bond motifs is 1. The third kappa shape index (κ3) is 2.59. The molecule has 0 atom stereocenters. The van der Waals surface area contributed by atoms with Gasteiger partial charge in [0.15, 0.2) is 0 Å². The molecular formula is C18H16O2. The van der Waals surface area contributed by atoms with Crippen molar-refractivity contribution in [1.29, 1.82) is 0 Å². The van der Waals surface area contributed by atoms with E-state index in [-0.39, 0.29) is 0 Å². The van der Waals surface area contributed by atoms with Crippen LogP contribution in [0.1, 0.15) is 16.9 Å². The Kier molecular flexibility index (Phi) is 3.30. The molecule has 0 fully saturated rings. The van der Waals surface area contributed by atoms with E-state index in [2.05, 4.69) is 25.1 Å². The van der Waals surface area contributed by atoms with Crippen LogP contribution in [0, 0.1) is 6.92 Å². The van der Waals surface area contributed by atoms with Gasteiger partial charge in [-0.15, -0.1) is 0 Å². The van der Waals surface area contributed by atoms with E-state index in [1.165, 1.54) is 5.56 Å². The third-order valence-corrected chi connectivity index (χ3v) is 3.25. The van der Waals surface area contributed by atoms with Crippen LogP contribution < -0.4 is 4.74 Å². The summed E-state index contributed by atoms with van der Waals surface area (Å²) < 4.78 is 10.9. The van der Waals surface area contributed by atoms with Gasteiger partial charge in [-0.3, -0.25) is 0 Å². The Labute approximate surface area is 118 Å². The Morgan fingerprint density at radius 1 is 0.950 bits per heavy atom. The Morgan fingerprint density at radius 2 is 1.75 bits per heavy atom. The predicted octanol–water partition coefficient (Wildman–Crippen LogP) is 4.92. The first kappa shape index (κ1) is 12.5. The number of aryl methyl sites for hydroxylation is 1. The lowest BCUT2D eigenvalue weighted by Crippen LogP contribution is -1.81. The summed E-state index contributed by atoms with van der Waals surface area (Å²) in [6.07, 6.45) is 4.02. The average Bonchev–Trinajstić information content (AvgIpc) is 2.87. The molecule has 100 valence electrons. The van der Waals surface area contributed by atoms with Gasteiger partial charge in [-0.25, -0.2) is 0 Å². The number of furan rings is 1. The van der Waals surface area contributed by atoms with Crippen LogP contribution in [0.15, 0.2) is 52.9 Å². The Hall–Kier alpha value is -2.48. The van der Waals surface area contributed by atoms with E-state index in [0.717, 1.165) is 28.0 Å². The van der Waals surface area contributed by atoms with Crippen LogP contribution in [0.25, 0.3) is 23.1 Å². The molecule has 2 heteroatoms. The molecule has 0 saturated carbocycles. The van der Waals surface area contributed by atoms with Gasteiger partial charge in [-0.1, -0.05) is 29.8 Å². The highest BCUT2D eigenvalue weighted by molar-refractivity contribution is 5.82. The van der Waals surface area contributed by atoms with Crippen molar-refractivity contribution in [3.63, 3.8) is 0 Å². The maximum absolute atomic E-state index is 5.78. The average molecular weight is 264 g/mol. The molecular weight excluding hydrogens is 248 g/mol. The molecule has 3 rings (SSSR count). The second-order valence-electron chi connectivity index (χ2n) is 4.80. The van der Waals surface area contributed by atoms with Crippen LogP contribution in [-0.4, -0.2) is 7.11 Å². The van der Waals surface area contributed by atoms with E-state index in [9.17, 15) is 0 Å². The predicted molar refractivity (Wildman–Crippen MR) is 82.9 cm³/mol. The maximum atomic E-state index is 5.78. The summed E-state index contributed by atoms with van der Waals surface area (Å²) >= 11 is 0. The summed E-state index contributed by atoms with van der Waals surface area (Å²) in [4.78, 5) is 0. The van der Waals surface area contributed by atoms with Crippen LogP contribution in [0.2, 0.25) is 0 Å². The molecule has 3 aromatic rings. The Morgan fingerprint density at radius 3 is 2.50 bits per heavy atom. The van der Waals surface area contributed by atoms with Gasteiger partial charge in [-0.05, 0) is 48.9 Å². The molecule has 2 aromatic carbocycles. The molecule has 0 saturated heterocycles. The molecule has 1 aromatic heterocycles. The van der Waals surface area contributed by atoms with Crippen LogP contribution in [0.4, 0.5) is 0 Å². The summed E-state index contributed by atoms with van der Waals surface area (Å²) in [5, 5.41) is 1.14. The zero-order chi connectivity index (χ0) is 13.9. The lowest BCUT2D eigenvalue weighted by molar-refractivity contribution is 0.415. The van der Waals surface area contributed by atoms with Crippen molar-refractivity contribution in [3.8, 4) is 5.75 Å². The van der Waals surface area contributed by atoms with Crippen LogP contribution in [0.3, 0.4) is 0 Å². The van der Waals surface area contributed by atoms with Gasteiger partial charge in [0, 0.05) is 5.39 Å². The van der Waals surface area contributed by atoms with E-state index in [1.807, 2.05) is 42.5 Å². The number of ether oxygens (including phenoxy) is 1. The molecule has 1 heterocycles. The third-order valence-electron chi connectivity index (χ3n) is 3.25. The molecule has 0 spiro atoms. The summed E-state index contributed by atoms with van der Waals surface area (Å²) in [7, 11) is 1.67. The van der Waals surface area contributed by atoms with Crippen molar-refractivity contribution in [3.05, 3.63) is 65.4 Å². The molecule has 0 unspecified atom stereocenters. The van der Waals surface area contributed by atoms with Crippen molar-refractivity contribution < 1.29 is 9.15 Å². The minimum absolute atomic E-state index is 0.862. The molecule has 0 aliphatic heterocycles. The van der Waals surface area contributed by atoms with Crippen LogP contribution in [0.5, 0.6) is 5.75 Å². The monoisotopic (exact) mass is 264 g/mol. The van der Waals surface area contributed by atoms with Crippen molar-refractivity contribution in [2.45, 2.75) is 6.92 Å². The van der Waals surface area contributed by atoms with Crippen LogP contribution in [-0.2, 0) is 0 Å². The molecule has 2 nitrogen and oxygen atoms in total. The quantitative estimate of drug-likeness (QED) is 0.670. The maximum Gasteiger partial charge on any atom is 0.134 e. The normalized spacial score (nSPS) is 11.3. The van der Waals surface area contributed by atoms with Gasteiger partial charge in [0.25, 0.3) is 0 Å². The largest absolute Gasteiger partial charge is 0.497 e. The first-order valence-corrected chi connectivity index (χ1v) is 6.57. The van der Waals surface area contributed by atoms with Crippen molar-refractivity contribution >= 4 is 23.1 Å². The lowest BCUT2D eigenvalue weighted by Gasteiger charge is -1.98. The van der Waals surface area contributed by atoms with Gasteiger partial charge in [0.05, 0.1) is 7.11 Å². The summed E-state index contributed by atoms with van der Waals surface area (Å²) in [6.45, 7) is 2.08. The van der Waals surface area contributed by atoms with Crippen LogP contribution >= 0.6 is 0 Å². The van der Waals surface area contributed by atoms with E-state index >= 15 is 0 Å². The highest BCUT2D eigenvalue weighted by Crippen LogP contribution is 2.22. The standard InChI is InChI=1S/C18H16O2/c1-13-3-10-18-15(11-13)12-17(20-18)9-6-14-4-7-16(19-2)8-5-14/h3-12H,1-2H3. The molecule has 0 bridgehead atoms. The van der Waals surface area contributed by atoms with E-state index in [1.54, 1.807) is 7.11 Å². The first-order valence-electron chi connectivity index (χ1n) is 6.57. The fourth-order valence-corrected chi connectivity index (χ4v) is 2.16. The minimum atomic E-state index is 0.862. The summed E-state index contributed by atoms with van der Waals surface area (Å²) in [5.41, 5.74) is 3.27. The smallest absolute Gasteiger partial charge is 0.134 e. The number of benzene rings is 2. The Balaban J connectivity index is 1.85. The fourth-order valence-electron chi connectivity index (χ4n) is 2.16. The van der Waals surface area contributed by atoms with Gasteiger partial charge in [-0.2, -0.15) is 0 Å². The lowest BCUT2D eigenvalue weighted by atomic mass is 10.1. The molecule has 0 aliphatic rings. The number of hydrogen-bond donors (Lipinski definition) is 0. The van der Waals surface area contributed by atoms with E-state index < -0.39 is 0 Å². The minimum Gasteiger partial charge on any atom is -0.497 e. The molecule has 0 radical (unpaired) electrons. The first-order chi connectivity index (χ1) is 9.74. The second kappa shape index (κ2) is 5.25. The van der Waals surface area contributed by atoms with Gasteiger partial charge in [0.2, 0.25) is 0 Å². The second-order valence-corrected chi connectivity index (χ2v) is 4.80. The van der Waals surface area contributed by atoms with E-state index in [4.69, 9.17) is 9.15 Å². The van der Waals surface area contributed by atoms with Gasteiger partial charge >= 0.3 is 0 Å².